The molecule has 1 aliphatic rings. The molecule has 2 aromatic rings. The molecule has 1 aliphatic heterocycles. The van der Waals surface area contributed by atoms with Gasteiger partial charge in [-0.3, -0.25) is 9.69 Å². The maximum absolute atomic E-state index is 12.1. The monoisotopic (exact) mass is 317 g/mol. The van der Waals surface area contributed by atoms with Gasteiger partial charge in [-0.15, -0.1) is 0 Å². The number of likely N-dealkylation sites (tertiary alicyclic amines) is 1. The van der Waals surface area contributed by atoms with Gasteiger partial charge < -0.3 is 10.3 Å². The van der Waals surface area contributed by atoms with E-state index in [9.17, 15) is 4.79 Å². The van der Waals surface area contributed by atoms with Gasteiger partial charge in [0.05, 0.1) is 5.02 Å². The Morgan fingerprint density at radius 3 is 2.64 bits per heavy atom. The Morgan fingerprint density at radius 1 is 1.23 bits per heavy atom. The molecule has 2 N–H and O–H groups in total. The molecule has 0 spiro atoms. The Morgan fingerprint density at radius 2 is 1.95 bits per heavy atom. The van der Waals surface area contributed by atoms with E-state index in [-0.39, 0.29) is 5.91 Å². The normalized spacial score (nSPS) is 15.1. The van der Waals surface area contributed by atoms with Crippen LogP contribution in [0.5, 0.6) is 0 Å². The average molecular weight is 318 g/mol. The first-order chi connectivity index (χ1) is 10.7. The maximum atomic E-state index is 12.1. The average Bonchev–Trinajstić information content (AvgIpc) is 3.18. The topological polar surface area (TPSA) is 48.1 Å². The van der Waals surface area contributed by atoms with Crippen LogP contribution in [0.3, 0.4) is 0 Å². The number of carbonyl (C=O) groups is 1. The molecule has 0 bridgehead atoms. The lowest BCUT2D eigenvalue weighted by molar-refractivity contribution is 0.0946. The molecule has 0 unspecified atom stereocenters. The van der Waals surface area contributed by atoms with Crippen molar-refractivity contribution in [1.29, 1.82) is 0 Å². The van der Waals surface area contributed by atoms with E-state index < -0.39 is 0 Å². The third-order valence-corrected chi connectivity index (χ3v) is 4.26. The SMILES string of the molecule is O=C(NCc1ccccc1CN1CCCC1)c1cc(Cl)c[nH]1. The Bertz CT molecular complexity index is 647. The second-order valence-electron chi connectivity index (χ2n) is 5.67. The highest BCUT2D eigenvalue weighted by atomic mass is 35.5. The van der Waals surface area contributed by atoms with Crippen LogP contribution in [0, 0.1) is 0 Å². The molecule has 1 fully saturated rings. The third-order valence-electron chi connectivity index (χ3n) is 4.04. The largest absolute Gasteiger partial charge is 0.356 e. The van der Waals surface area contributed by atoms with Crippen LogP contribution in [0.1, 0.15) is 34.5 Å². The van der Waals surface area contributed by atoms with Gasteiger partial charge in [0.1, 0.15) is 5.69 Å². The Hall–Kier alpha value is -1.78. The summed E-state index contributed by atoms with van der Waals surface area (Å²) < 4.78 is 0. The van der Waals surface area contributed by atoms with Gasteiger partial charge >= 0.3 is 0 Å². The zero-order valence-electron chi connectivity index (χ0n) is 12.4. The van der Waals surface area contributed by atoms with Gasteiger partial charge in [-0.1, -0.05) is 35.9 Å². The summed E-state index contributed by atoms with van der Waals surface area (Å²) in [5.74, 6) is -0.136. The first-order valence-electron chi connectivity index (χ1n) is 7.63. The van der Waals surface area contributed by atoms with E-state index in [1.165, 1.54) is 37.1 Å². The lowest BCUT2D eigenvalue weighted by Gasteiger charge is -2.17. The molecule has 0 saturated carbocycles. The van der Waals surface area contributed by atoms with Crippen molar-refractivity contribution < 1.29 is 4.79 Å². The van der Waals surface area contributed by atoms with Crippen LogP contribution in [0.25, 0.3) is 0 Å². The van der Waals surface area contributed by atoms with Crippen LogP contribution in [0.2, 0.25) is 5.02 Å². The number of carbonyl (C=O) groups excluding carboxylic acids is 1. The van der Waals surface area contributed by atoms with Gasteiger partial charge in [0.15, 0.2) is 0 Å². The fourth-order valence-corrected chi connectivity index (χ4v) is 3.00. The quantitative estimate of drug-likeness (QED) is 0.889. The Balaban J connectivity index is 1.63. The molecule has 1 aromatic heterocycles. The molecule has 1 saturated heterocycles. The molecule has 116 valence electrons. The van der Waals surface area contributed by atoms with Crippen molar-refractivity contribution in [1.82, 2.24) is 15.2 Å². The number of nitrogens with one attached hydrogen (secondary N) is 2. The van der Waals surface area contributed by atoms with Crippen molar-refractivity contribution in [2.75, 3.05) is 13.1 Å². The van der Waals surface area contributed by atoms with Crippen molar-refractivity contribution >= 4 is 17.5 Å². The molecule has 1 aromatic carbocycles. The lowest BCUT2D eigenvalue weighted by Crippen LogP contribution is -2.25. The van der Waals surface area contributed by atoms with Crippen LogP contribution in [0.4, 0.5) is 0 Å². The van der Waals surface area contributed by atoms with Crippen molar-refractivity contribution in [2.45, 2.75) is 25.9 Å². The molecule has 22 heavy (non-hydrogen) atoms. The number of hydrogen-bond acceptors (Lipinski definition) is 2. The number of aromatic amines is 1. The summed E-state index contributed by atoms with van der Waals surface area (Å²) in [6.07, 6.45) is 4.18. The minimum atomic E-state index is -0.136. The zero-order valence-corrected chi connectivity index (χ0v) is 13.2. The molecule has 0 radical (unpaired) electrons. The van der Waals surface area contributed by atoms with Gasteiger partial charge in [-0.2, -0.15) is 0 Å². The summed E-state index contributed by atoms with van der Waals surface area (Å²) >= 11 is 5.83. The minimum Gasteiger partial charge on any atom is -0.356 e. The molecular formula is C17H20ClN3O. The van der Waals surface area contributed by atoms with Crippen LogP contribution >= 0.6 is 11.6 Å². The summed E-state index contributed by atoms with van der Waals surface area (Å²) in [5, 5.41) is 3.49. The first kappa shape index (κ1) is 15.1. The fraction of sp³-hybridized carbons (Fsp3) is 0.353. The highest BCUT2D eigenvalue weighted by molar-refractivity contribution is 6.30. The number of H-pyrrole nitrogens is 1. The fourth-order valence-electron chi connectivity index (χ4n) is 2.84. The summed E-state index contributed by atoms with van der Waals surface area (Å²) in [4.78, 5) is 17.4. The lowest BCUT2D eigenvalue weighted by atomic mass is 10.1. The molecule has 4 nitrogen and oxygen atoms in total. The molecule has 0 aliphatic carbocycles. The Labute approximate surface area is 135 Å². The van der Waals surface area contributed by atoms with Gasteiger partial charge in [0, 0.05) is 19.3 Å². The summed E-state index contributed by atoms with van der Waals surface area (Å²) in [5.41, 5.74) is 2.94. The Kier molecular flexibility index (Phi) is 4.80. The molecule has 1 amide bonds. The number of halogens is 1. The smallest absolute Gasteiger partial charge is 0.268 e. The summed E-state index contributed by atoms with van der Waals surface area (Å²) in [7, 11) is 0. The van der Waals surface area contributed by atoms with E-state index in [1.807, 2.05) is 6.07 Å². The standard InChI is InChI=1S/C17H20ClN3O/c18-15-9-16(19-11-15)17(22)20-10-13-5-1-2-6-14(13)12-21-7-3-4-8-21/h1-2,5-6,9,11,19H,3-4,7-8,10,12H2,(H,20,22). The number of hydrogen-bond donors (Lipinski definition) is 2. The zero-order chi connectivity index (χ0) is 15.4. The third kappa shape index (κ3) is 3.70. The van der Waals surface area contributed by atoms with E-state index in [0.29, 0.717) is 17.3 Å². The van der Waals surface area contributed by atoms with Crippen molar-refractivity contribution in [3.63, 3.8) is 0 Å². The number of aromatic nitrogens is 1. The second-order valence-corrected chi connectivity index (χ2v) is 6.10. The number of rotatable bonds is 5. The van der Waals surface area contributed by atoms with E-state index >= 15 is 0 Å². The molecule has 3 rings (SSSR count). The van der Waals surface area contributed by atoms with Crippen molar-refractivity contribution in [2.24, 2.45) is 0 Å². The number of benzene rings is 1. The number of amides is 1. The van der Waals surface area contributed by atoms with Crippen LogP contribution < -0.4 is 5.32 Å². The predicted molar refractivity (Wildman–Crippen MR) is 87.9 cm³/mol. The van der Waals surface area contributed by atoms with Gasteiger partial charge in [-0.25, -0.2) is 0 Å². The van der Waals surface area contributed by atoms with Gasteiger partial charge in [-0.05, 0) is 43.1 Å². The molecule has 0 atom stereocenters. The van der Waals surface area contributed by atoms with Crippen LogP contribution in [0.15, 0.2) is 36.5 Å². The summed E-state index contributed by atoms with van der Waals surface area (Å²) in [6.45, 7) is 3.82. The van der Waals surface area contributed by atoms with Gasteiger partial charge in [0.2, 0.25) is 0 Å². The van der Waals surface area contributed by atoms with Crippen molar-refractivity contribution in [3.8, 4) is 0 Å². The summed E-state index contributed by atoms with van der Waals surface area (Å²) in [6, 6.07) is 9.92. The number of nitrogens with zero attached hydrogens (tertiary/aromatic N) is 1. The first-order valence-corrected chi connectivity index (χ1v) is 8.01. The highest BCUT2D eigenvalue weighted by Gasteiger charge is 2.14. The second kappa shape index (κ2) is 6.99. The molecule has 2 heterocycles. The minimum absolute atomic E-state index is 0.136. The molecular weight excluding hydrogens is 298 g/mol. The predicted octanol–water partition coefficient (Wildman–Crippen LogP) is 3.19. The van der Waals surface area contributed by atoms with Crippen LogP contribution in [-0.4, -0.2) is 28.9 Å². The molecule has 5 heteroatoms. The van der Waals surface area contributed by atoms with Gasteiger partial charge in [0.25, 0.3) is 5.91 Å². The maximum Gasteiger partial charge on any atom is 0.268 e. The van der Waals surface area contributed by atoms with Crippen molar-refractivity contribution in [3.05, 3.63) is 58.4 Å². The van der Waals surface area contributed by atoms with E-state index in [4.69, 9.17) is 11.6 Å². The van der Waals surface area contributed by atoms with E-state index in [0.717, 1.165) is 6.54 Å². The highest BCUT2D eigenvalue weighted by Crippen LogP contribution is 2.16. The van der Waals surface area contributed by atoms with E-state index in [1.54, 1.807) is 12.3 Å². The van der Waals surface area contributed by atoms with E-state index in [2.05, 4.69) is 33.4 Å². The van der Waals surface area contributed by atoms with Crippen LogP contribution in [-0.2, 0) is 13.1 Å².